The molecule has 0 fully saturated rings. The van der Waals surface area contributed by atoms with Gasteiger partial charge in [0.2, 0.25) is 0 Å². The number of nitrogens with one attached hydrogen (secondary N) is 1. The molecule has 4 N–H and O–H groups in total. The summed E-state index contributed by atoms with van der Waals surface area (Å²) in [6.07, 6.45) is -2.05. The third-order valence-corrected chi connectivity index (χ3v) is 0.707. The van der Waals surface area contributed by atoms with Crippen molar-refractivity contribution in [3.05, 3.63) is 6.92 Å². The molecular weight excluding hydrogens is 122 g/mol. The molecule has 0 aliphatic heterocycles. The highest BCUT2D eigenvalue weighted by atomic mass is 16.5. The monoisotopic (exact) mass is 134 g/mol. The predicted molar refractivity (Wildman–Crippen MR) is 32.5 cm³/mol. The lowest BCUT2D eigenvalue weighted by Crippen LogP contribution is -2.31. The number of aliphatic hydroxyl groups excluding tert-OH is 2. The summed E-state index contributed by atoms with van der Waals surface area (Å²) in [6, 6.07) is 0. The molecule has 0 aromatic carbocycles. The van der Waals surface area contributed by atoms with E-state index in [2.05, 4.69) is 12.2 Å². The number of hydrogen-bond acceptors (Lipinski definition) is 4. The highest BCUT2D eigenvalue weighted by Gasteiger charge is 1.97. The molecule has 0 aromatic heterocycles. The van der Waals surface area contributed by atoms with Crippen molar-refractivity contribution in [3.63, 3.8) is 0 Å². The van der Waals surface area contributed by atoms with Crippen molar-refractivity contribution >= 4 is 0 Å². The molecule has 1 atom stereocenters. The van der Waals surface area contributed by atoms with Gasteiger partial charge in [-0.05, 0) is 6.92 Å². The van der Waals surface area contributed by atoms with Crippen LogP contribution < -0.4 is 5.32 Å². The second-order valence-electron chi connectivity index (χ2n) is 1.79. The molecule has 0 saturated carbocycles. The van der Waals surface area contributed by atoms with Gasteiger partial charge in [-0.2, -0.15) is 0 Å². The van der Waals surface area contributed by atoms with Gasteiger partial charge in [-0.25, -0.2) is 0 Å². The van der Waals surface area contributed by atoms with Crippen molar-refractivity contribution in [2.45, 2.75) is 12.4 Å². The fourth-order valence-electron chi connectivity index (χ4n) is 0.379. The molecule has 4 nitrogen and oxygen atoms in total. The molecule has 0 heterocycles. The van der Waals surface area contributed by atoms with Crippen LogP contribution in [0.1, 0.15) is 0 Å². The number of hydrogen-bond donors (Lipinski definition) is 4. The van der Waals surface area contributed by atoms with Crippen LogP contribution >= 0.6 is 0 Å². The zero-order valence-corrected chi connectivity index (χ0v) is 5.12. The maximum atomic E-state index is 8.53. The second-order valence-corrected chi connectivity index (χ2v) is 1.79. The van der Waals surface area contributed by atoms with E-state index in [9.17, 15) is 0 Å². The van der Waals surface area contributed by atoms with E-state index in [1.54, 1.807) is 0 Å². The zero-order chi connectivity index (χ0) is 7.28. The highest BCUT2D eigenvalue weighted by Crippen LogP contribution is 1.74. The molecule has 0 aromatic rings. The van der Waals surface area contributed by atoms with E-state index in [-0.39, 0.29) is 13.1 Å². The van der Waals surface area contributed by atoms with E-state index in [0.717, 1.165) is 0 Å². The topological polar surface area (TPSA) is 72.7 Å². The Balaban J connectivity index is 2.91. The Hall–Kier alpha value is -0.160. The van der Waals surface area contributed by atoms with Crippen molar-refractivity contribution in [1.82, 2.24) is 5.32 Å². The predicted octanol–water partition coefficient (Wildman–Crippen LogP) is -1.92. The Labute approximate surface area is 54.1 Å². The van der Waals surface area contributed by atoms with Crippen LogP contribution in [0, 0.1) is 6.92 Å². The highest BCUT2D eigenvalue weighted by molar-refractivity contribution is 4.60. The zero-order valence-electron chi connectivity index (χ0n) is 5.12. The van der Waals surface area contributed by atoms with Gasteiger partial charge in [-0.3, -0.25) is 0 Å². The molecule has 0 rings (SSSR count). The molecule has 0 aliphatic rings. The minimum absolute atomic E-state index is 0.0621. The van der Waals surface area contributed by atoms with Gasteiger partial charge < -0.3 is 20.6 Å². The summed E-state index contributed by atoms with van der Waals surface area (Å²) in [7, 11) is 0. The Bertz CT molecular complexity index is 57.2. The largest absolute Gasteiger partial charge is 0.392 e. The first-order valence-electron chi connectivity index (χ1n) is 2.71. The van der Waals surface area contributed by atoms with E-state index < -0.39 is 12.4 Å². The minimum atomic E-state index is -1.36. The van der Waals surface area contributed by atoms with Crippen molar-refractivity contribution in [2.75, 3.05) is 13.1 Å². The Morgan fingerprint density at radius 2 is 1.78 bits per heavy atom. The maximum Gasteiger partial charge on any atom is 0.164 e. The summed E-state index contributed by atoms with van der Waals surface area (Å²) in [5.74, 6) is 0. The summed E-state index contributed by atoms with van der Waals surface area (Å²) in [5.41, 5.74) is 0. The molecule has 0 spiro atoms. The van der Waals surface area contributed by atoms with Gasteiger partial charge in [-0.1, -0.05) is 0 Å². The van der Waals surface area contributed by atoms with Gasteiger partial charge >= 0.3 is 0 Å². The minimum Gasteiger partial charge on any atom is -0.392 e. The summed E-state index contributed by atoms with van der Waals surface area (Å²) < 4.78 is 0. The molecule has 1 radical (unpaired) electrons. The lowest BCUT2D eigenvalue weighted by atomic mass is 10.4. The molecule has 0 amide bonds. The molecule has 55 valence electrons. The Morgan fingerprint density at radius 1 is 1.22 bits per heavy atom. The molecule has 0 aliphatic carbocycles. The van der Waals surface area contributed by atoms with Crippen LogP contribution in [0.25, 0.3) is 0 Å². The van der Waals surface area contributed by atoms with Crippen LogP contribution in [-0.2, 0) is 0 Å². The lowest BCUT2D eigenvalue weighted by molar-refractivity contribution is -0.0379. The average Bonchev–Trinajstić information content (AvgIpc) is 1.63. The van der Waals surface area contributed by atoms with Gasteiger partial charge in [0.05, 0.1) is 6.10 Å². The average molecular weight is 134 g/mol. The van der Waals surface area contributed by atoms with Gasteiger partial charge in [0.15, 0.2) is 6.29 Å². The SMILES string of the molecule is [CH2]C(O)CNCC(O)O. The summed E-state index contributed by atoms with van der Waals surface area (Å²) in [6.45, 7) is 3.60. The third-order valence-electron chi connectivity index (χ3n) is 0.707. The van der Waals surface area contributed by atoms with E-state index in [1.165, 1.54) is 0 Å². The van der Waals surface area contributed by atoms with Crippen LogP contribution in [0.5, 0.6) is 0 Å². The fraction of sp³-hybridized carbons (Fsp3) is 0.800. The van der Waals surface area contributed by atoms with Crippen LogP contribution in [0.3, 0.4) is 0 Å². The molecular formula is C5H12NO3. The van der Waals surface area contributed by atoms with E-state index in [4.69, 9.17) is 15.3 Å². The van der Waals surface area contributed by atoms with Crippen molar-refractivity contribution in [1.29, 1.82) is 0 Å². The van der Waals surface area contributed by atoms with Crippen LogP contribution in [-0.4, -0.2) is 40.8 Å². The summed E-state index contributed by atoms with van der Waals surface area (Å²) in [4.78, 5) is 0. The summed E-state index contributed by atoms with van der Waals surface area (Å²) in [5, 5.41) is 27.6. The summed E-state index contributed by atoms with van der Waals surface area (Å²) >= 11 is 0. The van der Waals surface area contributed by atoms with Crippen molar-refractivity contribution in [3.8, 4) is 0 Å². The van der Waals surface area contributed by atoms with Crippen molar-refractivity contribution < 1.29 is 15.3 Å². The first-order valence-corrected chi connectivity index (χ1v) is 2.71. The van der Waals surface area contributed by atoms with Crippen LogP contribution in [0.4, 0.5) is 0 Å². The molecule has 0 saturated heterocycles. The third kappa shape index (κ3) is 7.84. The smallest absolute Gasteiger partial charge is 0.164 e. The van der Waals surface area contributed by atoms with E-state index >= 15 is 0 Å². The lowest BCUT2D eigenvalue weighted by Gasteiger charge is -2.06. The van der Waals surface area contributed by atoms with Crippen LogP contribution in [0.2, 0.25) is 0 Å². The second kappa shape index (κ2) is 4.69. The normalized spacial score (nSPS) is 14.3. The first kappa shape index (κ1) is 8.84. The van der Waals surface area contributed by atoms with Gasteiger partial charge in [-0.15, -0.1) is 0 Å². The quantitative estimate of drug-likeness (QED) is 0.338. The van der Waals surface area contributed by atoms with E-state index in [0.29, 0.717) is 0 Å². The standard InChI is InChI=1S/C5H12NO3/c1-4(7)2-6-3-5(8)9/h4-9H,1-3H2. The molecule has 0 bridgehead atoms. The van der Waals surface area contributed by atoms with Gasteiger partial charge in [0.25, 0.3) is 0 Å². The van der Waals surface area contributed by atoms with Crippen molar-refractivity contribution in [2.24, 2.45) is 0 Å². The first-order chi connectivity index (χ1) is 4.13. The van der Waals surface area contributed by atoms with E-state index in [1.807, 2.05) is 0 Å². The van der Waals surface area contributed by atoms with Crippen LogP contribution in [0.15, 0.2) is 0 Å². The molecule has 9 heavy (non-hydrogen) atoms. The Kier molecular flexibility index (Phi) is 4.61. The molecule has 4 heteroatoms. The van der Waals surface area contributed by atoms with Gasteiger partial charge in [0, 0.05) is 13.1 Å². The molecule has 1 unspecified atom stereocenters. The number of rotatable bonds is 4. The number of aliphatic hydroxyl groups is 3. The fourth-order valence-corrected chi connectivity index (χ4v) is 0.379. The van der Waals surface area contributed by atoms with Gasteiger partial charge in [0.1, 0.15) is 0 Å². The Morgan fingerprint density at radius 3 is 2.11 bits per heavy atom. The maximum absolute atomic E-state index is 8.53.